The number of nitrogens with one attached hydrogen (secondary N) is 1. The predicted octanol–water partition coefficient (Wildman–Crippen LogP) is 2.47. The number of nitrogens with zero attached hydrogens (tertiary/aromatic N) is 4. The Hall–Kier alpha value is -2.35. The molecule has 0 aliphatic carbocycles. The summed E-state index contributed by atoms with van der Waals surface area (Å²) in [7, 11) is 0. The summed E-state index contributed by atoms with van der Waals surface area (Å²) in [6.07, 6.45) is 5.21. The molecule has 2 aromatic heterocycles. The minimum Gasteiger partial charge on any atom is -0.338 e. The molecule has 17 heavy (non-hydrogen) atoms. The van der Waals surface area contributed by atoms with Gasteiger partial charge in [0.25, 0.3) is 0 Å². The van der Waals surface area contributed by atoms with E-state index in [1.54, 1.807) is 18.3 Å². The SMILES string of the molecule is CC(C)n1cc(Nc2ccc(C#N)cn2)cn1. The van der Waals surface area contributed by atoms with Crippen molar-refractivity contribution in [3.63, 3.8) is 0 Å². The molecule has 0 aliphatic rings. The van der Waals surface area contributed by atoms with E-state index < -0.39 is 0 Å². The molecule has 0 aromatic carbocycles. The second-order valence-electron chi connectivity index (χ2n) is 3.97. The molecule has 2 heterocycles. The molecule has 0 radical (unpaired) electrons. The summed E-state index contributed by atoms with van der Waals surface area (Å²) < 4.78 is 1.87. The zero-order valence-electron chi connectivity index (χ0n) is 9.75. The summed E-state index contributed by atoms with van der Waals surface area (Å²) in [5, 5.41) is 16.0. The van der Waals surface area contributed by atoms with Gasteiger partial charge in [-0.15, -0.1) is 0 Å². The normalized spacial score (nSPS) is 10.2. The lowest BCUT2D eigenvalue weighted by atomic mass is 10.3. The van der Waals surface area contributed by atoms with Crippen molar-refractivity contribution in [3.05, 3.63) is 36.3 Å². The smallest absolute Gasteiger partial charge is 0.130 e. The van der Waals surface area contributed by atoms with E-state index in [9.17, 15) is 0 Å². The fraction of sp³-hybridized carbons (Fsp3) is 0.250. The second-order valence-corrected chi connectivity index (χ2v) is 3.97. The summed E-state index contributed by atoms with van der Waals surface area (Å²) in [4.78, 5) is 4.13. The first-order chi connectivity index (χ1) is 8.19. The predicted molar refractivity (Wildman–Crippen MR) is 64.8 cm³/mol. The van der Waals surface area contributed by atoms with Crippen LogP contribution in [0.4, 0.5) is 11.5 Å². The maximum Gasteiger partial charge on any atom is 0.130 e. The highest BCUT2D eigenvalue weighted by Crippen LogP contribution is 2.15. The monoisotopic (exact) mass is 227 g/mol. The van der Waals surface area contributed by atoms with Crippen LogP contribution in [0.3, 0.4) is 0 Å². The van der Waals surface area contributed by atoms with Crippen LogP contribution in [0.2, 0.25) is 0 Å². The summed E-state index contributed by atoms with van der Waals surface area (Å²) in [6, 6.07) is 5.86. The van der Waals surface area contributed by atoms with Crippen molar-refractivity contribution in [1.29, 1.82) is 5.26 Å². The molecule has 0 bridgehead atoms. The average molecular weight is 227 g/mol. The zero-order valence-corrected chi connectivity index (χ0v) is 9.75. The third-order valence-electron chi connectivity index (χ3n) is 2.30. The quantitative estimate of drug-likeness (QED) is 0.874. The number of anilines is 2. The van der Waals surface area contributed by atoms with Crippen LogP contribution >= 0.6 is 0 Å². The van der Waals surface area contributed by atoms with Gasteiger partial charge in [0.15, 0.2) is 0 Å². The van der Waals surface area contributed by atoms with Gasteiger partial charge in [0, 0.05) is 18.4 Å². The molecule has 5 nitrogen and oxygen atoms in total. The molecule has 0 saturated heterocycles. The largest absolute Gasteiger partial charge is 0.338 e. The van der Waals surface area contributed by atoms with Crippen molar-refractivity contribution in [3.8, 4) is 6.07 Å². The molecule has 5 heteroatoms. The van der Waals surface area contributed by atoms with E-state index in [4.69, 9.17) is 5.26 Å². The van der Waals surface area contributed by atoms with Crippen LogP contribution in [-0.4, -0.2) is 14.8 Å². The van der Waals surface area contributed by atoms with Gasteiger partial charge in [-0.1, -0.05) is 0 Å². The van der Waals surface area contributed by atoms with E-state index in [1.807, 2.05) is 16.9 Å². The molecule has 0 aliphatic heterocycles. The second kappa shape index (κ2) is 4.66. The lowest BCUT2D eigenvalue weighted by molar-refractivity contribution is 0.532. The van der Waals surface area contributed by atoms with Gasteiger partial charge in [0.2, 0.25) is 0 Å². The van der Waals surface area contributed by atoms with E-state index >= 15 is 0 Å². The van der Waals surface area contributed by atoms with Crippen molar-refractivity contribution < 1.29 is 0 Å². The summed E-state index contributed by atoms with van der Waals surface area (Å²) in [5.41, 5.74) is 1.43. The molecule has 86 valence electrons. The van der Waals surface area contributed by atoms with Crippen molar-refractivity contribution >= 4 is 11.5 Å². The van der Waals surface area contributed by atoms with Gasteiger partial charge in [0.05, 0.1) is 17.4 Å². The standard InChI is InChI=1S/C12H13N5/c1-9(2)17-8-11(7-15-17)16-12-4-3-10(5-13)6-14-12/h3-4,6-9H,1-2H3,(H,14,16). The Labute approximate surface area is 99.7 Å². The van der Waals surface area contributed by atoms with Gasteiger partial charge in [-0.05, 0) is 26.0 Å². The zero-order chi connectivity index (χ0) is 12.3. The first-order valence-corrected chi connectivity index (χ1v) is 5.36. The van der Waals surface area contributed by atoms with Crippen LogP contribution in [0.15, 0.2) is 30.7 Å². The fourth-order valence-electron chi connectivity index (χ4n) is 1.37. The topological polar surface area (TPSA) is 66.5 Å². The van der Waals surface area contributed by atoms with Crippen LogP contribution in [0.5, 0.6) is 0 Å². The van der Waals surface area contributed by atoms with Crippen molar-refractivity contribution in [2.45, 2.75) is 19.9 Å². The highest BCUT2D eigenvalue weighted by atomic mass is 15.3. The number of nitriles is 1. The summed E-state index contributed by atoms with van der Waals surface area (Å²) in [5.74, 6) is 0.701. The molecule has 0 unspecified atom stereocenters. The average Bonchev–Trinajstić information content (AvgIpc) is 2.79. The Morgan fingerprint density at radius 1 is 1.35 bits per heavy atom. The Morgan fingerprint density at radius 2 is 2.18 bits per heavy atom. The Morgan fingerprint density at radius 3 is 2.71 bits per heavy atom. The number of pyridine rings is 1. The van der Waals surface area contributed by atoms with Gasteiger partial charge in [-0.2, -0.15) is 10.4 Å². The number of hydrogen-bond acceptors (Lipinski definition) is 4. The van der Waals surface area contributed by atoms with Crippen LogP contribution in [-0.2, 0) is 0 Å². The van der Waals surface area contributed by atoms with Crippen LogP contribution in [0.1, 0.15) is 25.5 Å². The van der Waals surface area contributed by atoms with E-state index in [1.165, 1.54) is 6.20 Å². The molecule has 0 fully saturated rings. The molecule has 0 amide bonds. The molecule has 2 aromatic rings. The Balaban J connectivity index is 2.11. The highest BCUT2D eigenvalue weighted by molar-refractivity contribution is 5.54. The number of rotatable bonds is 3. The molecule has 0 atom stereocenters. The first kappa shape index (κ1) is 11.1. The first-order valence-electron chi connectivity index (χ1n) is 5.36. The van der Waals surface area contributed by atoms with Gasteiger partial charge in [-0.3, -0.25) is 4.68 Å². The summed E-state index contributed by atoms with van der Waals surface area (Å²) >= 11 is 0. The van der Waals surface area contributed by atoms with Crippen LogP contribution in [0.25, 0.3) is 0 Å². The highest BCUT2D eigenvalue weighted by Gasteiger charge is 2.02. The van der Waals surface area contributed by atoms with Crippen molar-refractivity contribution in [2.24, 2.45) is 0 Å². The van der Waals surface area contributed by atoms with Crippen LogP contribution in [0, 0.1) is 11.3 Å². The molecular formula is C12H13N5. The number of aromatic nitrogens is 3. The lowest BCUT2D eigenvalue weighted by Gasteiger charge is -2.04. The minimum absolute atomic E-state index is 0.333. The molecule has 1 N–H and O–H groups in total. The third kappa shape index (κ3) is 2.61. The molecular weight excluding hydrogens is 214 g/mol. The maximum atomic E-state index is 8.66. The minimum atomic E-state index is 0.333. The van der Waals surface area contributed by atoms with Gasteiger partial charge >= 0.3 is 0 Å². The summed E-state index contributed by atoms with van der Waals surface area (Å²) in [6.45, 7) is 4.13. The van der Waals surface area contributed by atoms with Crippen molar-refractivity contribution in [2.75, 3.05) is 5.32 Å². The molecule has 0 saturated carbocycles. The van der Waals surface area contributed by atoms with Gasteiger partial charge < -0.3 is 5.32 Å². The van der Waals surface area contributed by atoms with E-state index in [-0.39, 0.29) is 0 Å². The van der Waals surface area contributed by atoms with E-state index in [0.717, 1.165) is 5.69 Å². The van der Waals surface area contributed by atoms with Crippen LogP contribution < -0.4 is 5.32 Å². The van der Waals surface area contributed by atoms with E-state index in [2.05, 4.69) is 29.2 Å². The Bertz CT molecular complexity index is 533. The molecule has 2 rings (SSSR count). The third-order valence-corrected chi connectivity index (χ3v) is 2.30. The maximum absolute atomic E-state index is 8.66. The number of hydrogen-bond donors (Lipinski definition) is 1. The van der Waals surface area contributed by atoms with E-state index in [0.29, 0.717) is 17.4 Å². The molecule has 0 spiro atoms. The Kier molecular flexibility index (Phi) is 3.06. The fourth-order valence-corrected chi connectivity index (χ4v) is 1.37. The van der Waals surface area contributed by atoms with Gasteiger partial charge in [-0.25, -0.2) is 4.98 Å². The van der Waals surface area contributed by atoms with Gasteiger partial charge in [0.1, 0.15) is 11.9 Å². The van der Waals surface area contributed by atoms with Crippen molar-refractivity contribution in [1.82, 2.24) is 14.8 Å². The lowest BCUT2D eigenvalue weighted by Crippen LogP contribution is -2.00.